The van der Waals surface area contributed by atoms with Crippen LogP contribution in [0.5, 0.6) is 0 Å². The molecule has 0 heterocycles. The minimum atomic E-state index is -3.37. The van der Waals surface area contributed by atoms with Crippen LogP contribution in [0.2, 0.25) is 19.6 Å². The molecule has 0 fully saturated rings. The molecule has 2 aromatic carbocycles. The fourth-order valence-corrected chi connectivity index (χ4v) is 3.57. The quantitative estimate of drug-likeness (QED) is 0.836. The van der Waals surface area contributed by atoms with E-state index >= 15 is 0 Å². The first kappa shape index (κ1) is 16.8. The molecule has 0 bridgehead atoms. The van der Waals surface area contributed by atoms with E-state index < -0.39 is 19.6 Å². The van der Waals surface area contributed by atoms with Gasteiger partial charge in [-0.2, -0.15) is 8.78 Å². The summed E-state index contributed by atoms with van der Waals surface area (Å²) < 4.78 is 29.6. The largest absolute Gasteiger partial charge is 0.379 e. The van der Waals surface area contributed by atoms with Crippen molar-refractivity contribution in [3.05, 3.63) is 65.7 Å². The van der Waals surface area contributed by atoms with E-state index in [4.69, 9.17) is 0 Å². The predicted octanol–water partition coefficient (Wildman–Crippen LogP) is 4.23. The van der Waals surface area contributed by atoms with Gasteiger partial charge >= 0.3 is 5.92 Å². The van der Waals surface area contributed by atoms with E-state index in [1.807, 2.05) is 0 Å². The van der Waals surface area contributed by atoms with Crippen LogP contribution in [0.3, 0.4) is 0 Å². The van der Waals surface area contributed by atoms with Crippen molar-refractivity contribution in [1.82, 2.24) is 0 Å². The SMILES string of the molecule is CC(O)(c1ccccc1)C(F)(F)c1ccc([Si](C)(C)C)cc1. The van der Waals surface area contributed by atoms with Gasteiger partial charge in [0.05, 0.1) is 8.07 Å². The summed E-state index contributed by atoms with van der Waals surface area (Å²) >= 11 is 0. The monoisotopic (exact) mass is 320 g/mol. The fraction of sp³-hybridized carbons (Fsp3) is 0.333. The van der Waals surface area contributed by atoms with Crippen molar-refractivity contribution < 1.29 is 13.9 Å². The molecule has 4 heteroatoms. The van der Waals surface area contributed by atoms with E-state index in [9.17, 15) is 13.9 Å². The molecule has 0 aliphatic rings. The van der Waals surface area contributed by atoms with E-state index in [0.29, 0.717) is 0 Å². The number of hydrogen-bond donors (Lipinski definition) is 1. The van der Waals surface area contributed by atoms with Gasteiger partial charge in [0.15, 0.2) is 5.60 Å². The van der Waals surface area contributed by atoms with E-state index in [0.717, 1.165) is 12.1 Å². The first-order valence-corrected chi connectivity index (χ1v) is 10.8. The van der Waals surface area contributed by atoms with Crippen LogP contribution in [0.25, 0.3) is 0 Å². The van der Waals surface area contributed by atoms with Gasteiger partial charge in [-0.3, -0.25) is 0 Å². The average molecular weight is 320 g/mol. The fourth-order valence-electron chi connectivity index (χ4n) is 2.40. The molecular weight excluding hydrogens is 298 g/mol. The molecule has 1 N–H and O–H groups in total. The Bertz CT molecular complexity index is 628. The Balaban J connectivity index is 2.41. The third kappa shape index (κ3) is 2.99. The summed E-state index contributed by atoms with van der Waals surface area (Å²) in [5.74, 6) is -3.37. The number of rotatable bonds is 4. The molecule has 0 saturated heterocycles. The highest BCUT2D eigenvalue weighted by Crippen LogP contribution is 2.44. The van der Waals surface area contributed by atoms with Gasteiger partial charge in [-0.1, -0.05) is 79.4 Å². The van der Waals surface area contributed by atoms with Crippen molar-refractivity contribution in [2.24, 2.45) is 0 Å². The Hall–Kier alpha value is -1.52. The van der Waals surface area contributed by atoms with Crippen LogP contribution in [0.4, 0.5) is 8.78 Å². The number of hydrogen-bond acceptors (Lipinski definition) is 1. The highest BCUT2D eigenvalue weighted by atomic mass is 28.3. The summed E-state index contributed by atoms with van der Waals surface area (Å²) in [5, 5.41) is 11.6. The highest BCUT2D eigenvalue weighted by Gasteiger charge is 2.51. The van der Waals surface area contributed by atoms with Gasteiger partial charge in [0, 0.05) is 5.56 Å². The van der Waals surface area contributed by atoms with Gasteiger partial charge in [-0.05, 0) is 12.5 Å². The van der Waals surface area contributed by atoms with Crippen LogP contribution in [-0.4, -0.2) is 13.2 Å². The average Bonchev–Trinajstić information content (AvgIpc) is 2.47. The molecular formula is C18H22F2OSi. The van der Waals surface area contributed by atoms with Crippen LogP contribution in [0.1, 0.15) is 18.1 Å². The second kappa shape index (κ2) is 5.59. The van der Waals surface area contributed by atoms with Crippen molar-refractivity contribution in [1.29, 1.82) is 0 Å². The summed E-state index contributed by atoms with van der Waals surface area (Å²) in [6.07, 6.45) is 0. The predicted molar refractivity (Wildman–Crippen MR) is 89.3 cm³/mol. The van der Waals surface area contributed by atoms with Crippen LogP contribution in [0.15, 0.2) is 54.6 Å². The lowest BCUT2D eigenvalue weighted by molar-refractivity contribution is -0.185. The van der Waals surface area contributed by atoms with Crippen LogP contribution in [-0.2, 0) is 11.5 Å². The molecule has 0 aromatic heterocycles. The Labute approximate surface area is 131 Å². The van der Waals surface area contributed by atoms with Gasteiger partial charge in [0.2, 0.25) is 0 Å². The zero-order valence-corrected chi connectivity index (χ0v) is 14.4. The molecule has 1 unspecified atom stereocenters. The highest BCUT2D eigenvalue weighted by molar-refractivity contribution is 6.88. The summed E-state index contributed by atoms with van der Waals surface area (Å²) in [6.45, 7) is 7.66. The lowest BCUT2D eigenvalue weighted by Crippen LogP contribution is -2.41. The van der Waals surface area contributed by atoms with Crippen molar-refractivity contribution >= 4 is 13.3 Å². The molecule has 1 nitrogen and oxygen atoms in total. The molecule has 1 atom stereocenters. The molecule has 0 radical (unpaired) electrons. The molecule has 2 aromatic rings. The topological polar surface area (TPSA) is 20.2 Å². The van der Waals surface area contributed by atoms with E-state index in [1.165, 1.54) is 24.3 Å². The minimum absolute atomic E-state index is 0.164. The lowest BCUT2D eigenvalue weighted by atomic mass is 9.85. The van der Waals surface area contributed by atoms with Gasteiger partial charge in [0.25, 0.3) is 0 Å². The molecule has 22 heavy (non-hydrogen) atoms. The smallest absolute Gasteiger partial charge is 0.305 e. The molecule has 0 spiro atoms. The summed E-state index contributed by atoms with van der Waals surface area (Å²) in [4.78, 5) is 0. The van der Waals surface area contributed by atoms with Gasteiger partial charge in [-0.15, -0.1) is 0 Å². The summed E-state index contributed by atoms with van der Waals surface area (Å²) in [7, 11) is -1.53. The molecule has 118 valence electrons. The Morgan fingerprint density at radius 3 is 1.77 bits per heavy atom. The summed E-state index contributed by atoms with van der Waals surface area (Å²) in [6, 6.07) is 14.5. The van der Waals surface area contributed by atoms with Crippen LogP contribution >= 0.6 is 0 Å². The zero-order valence-electron chi connectivity index (χ0n) is 13.4. The maximum atomic E-state index is 14.8. The summed E-state index contributed by atoms with van der Waals surface area (Å²) in [5.41, 5.74) is -2.22. The van der Waals surface area contributed by atoms with E-state index in [1.54, 1.807) is 30.3 Å². The molecule has 0 aliphatic heterocycles. The van der Waals surface area contributed by atoms with Crippen molar-refractivity contribution in [3.63, 3.8) is 0 Å². The van der Waals surface area contributed by atoms with Gasteiger partial charge in [0.1, 0.15) is 0 Å². The molecule has 2 rings (SSSR count). The third-order valence-corrected chi connectivity index (χ3v) is 6.13. The second-order valence-corrected chi connectivity index (χ2v) is 11.9. The Kier molecular flexibility index (Phi) is 4.28. The van der Waals surface area contributed by atoms with E-state index in [-0.39, 0.29) is 11.1 Å². The van der Waals surface area contributed by atoms with Gasteiger partial charge < -0.3 is 5.11 Å². The molecule has 0 amide bonds. The molecule has 0 aliphatic carbocycles. The Morgan fingerprint density at radius 2 is 1.32 bits per heavy atom. The first-order valence-electron chi connectivity index (χ1n) is 7.33. The first-order chi connectivity index (χ1) is 10.1. The zero-order chi connectivity index (χ0) is 16.6. The maximum Gasteiger partial charge on any atom is 0.305 e. The number of halogens is 2. The molecule has 0 saturated carbocycles. The van der Waals surface area contributed by atoms with Gasteiger partial charge in [-0.25, -0.2) is 0 Å². The van der Waals surface area contributed by atoms with Crippen molar-refractivity contribution in [3.8, 4) is 0 Å². The Morgan fingerprint density at radius 1 is 0.818 bits per heavy atom. The number of aliphatic hydroxyl groups is 1. The number of alkyl halides is 2. The lowest BCUT2D eigenvalue weighted by Gasteiger charge is -2.33. The van der Waals surface area contributed by atoms with Crippen molar-refractivity contribution in [2.75, 3.05) is 0 Å². The van der Waals surface area contributed by atoms with Crippen LogP contribution in [0, 0.1) is 0 Å². The normalized spacial score (nSPS) is 15.4. The standard InChI is InChI=1S/C18H22F2OSi/c1-17(21,14-8-6-5-7-9-14)18(19,20)15-10-12-16(13-11-15)22(2,3)4/h5-13,21H,1-4H3. The van der Waals surface area contributed by atoms with E-state index in [2.05, 4.69) is 19.6 Å². The number of benzene rings is 2. The van der Waals surface area contributed by atoms with Crippen LogP contribution < -0.4 is 5.19 Å². The minimum Gasteiger partial charge on any atom is -0.379 e. The second-order valence-electron chi connectivity index (χ2n) is 6.84. The van der Waals surface area contributed by atoms with Crippen molar-refractivity contribution in [2.45, 2.75) is 38.1 Å². The third-order valence-electron chi connectivity index (χ3n) is 4.06. The maximum absolute atomic E-state index is 14.8.